The number of aromatic nitrogens is 5. The third-order valence-corrected chi connectivity index (χ3v) is 9.28. The molecule has 2 aromatic heterocycles. The van der Waals surface area contributed by atoms with Crippen molar-refractivity contribution in [3.05, 3.63) is 35.4 Å². The number of hydrogen-bond donors (Lipinski definition) is 1. The number of halogens is 2. The van der Waals surface area contributed by atoms with Crippen LogP contribution < -0.4 is 5.32 Å². The second-order valence-electron chi connectivity index (χ2n) is 11.5. The summed E-state index contributed by atoms with van der Waals surface area (Å²) in [6.45, 7) is 5.68. The predicted molar refractivity (Wildman–Crippen MR) is 153 cm³/mol. The number of rotatable bonds is 12. The van der Waals surface area contributed by atoms with Crippen LogP contribution >= 0.6 is 11.8 Å². The van der Waals surface area contributed by atoms with Gasteiger partial charge in [-0.25, -0.2) is 23.4 Å². The van der Waals surface area contributed by atoms with Gasteiger partial charge in [0, 0.05) is 24.1 Å². The maximum atomic E-state index is 13.9. The van der Waals surface area contributed by atoms with Gasteiger partial charge in [-0.2, -0.15) is 8.42 Å². The molecule has 6 rings (SSSR count). The molecule has 0 spiro atoms. The minimum Gasteiger partial charge on any atom is -0.373 e. The van der Waals surface area contributed by atoms with Crippen LogP contribution in [0.5, 0.6) is 0 Å². The first kappa shape index (κ1) is 30.5. The Bertz CT molecular complexity index is 1610. The minimum atomic E-state index is -3.58. The normalized spacial score (nSPS) is 28.0. The van der Waals surface area contributed by atoms with Gasteiger partial charge in [0.1, 0.15) is 12.2 Å². The summed E-state index contributed by atoms with van der Waals surface area (Å²) in [7, 11) is -3.58. The molecule has 3 aromatic rings. The van der Waals surface area contributed by atoms with Crippen molar-refractivity contribution in [3.8, 4) is 0 Å². The molecule has 0 amide bonds. The molecular formula is C27H34F2N6O6S2. The highest BCUT2D eigenvalue weighted by molar-refractivity contribution is 7.99. The van der Waals surface area contributed by atoms with Crippen LogP contribution in [-0.2, 0) is 28.5 Å². The first-order valence-corrected chi connectivity index (χ1v) is 17.0. The Labute approximate surface area is 252 Å². The van der Waals surface area contributed by atoms with Crippen LogP contribution in [0.2, 0.25) is 0 Å². The van der Waals surface area contributed by atoms with Crippen LogP contribution in [-0.4, -0.2) is 88.7 Å². The topological polar surface area (TPSA) is 140 Å². The fourth-order valence-corrected chi connectivity index (χ4v) is 6.79. The Kier molecular flexibility index (Phi) is 8.36. The Balaban J connectivity index is 1.26. The van der Waals surface area contributed by atoms with Crippen LogP contribution in [0.3, 0.4) is 0 Å². The Morgan fingerprint density at radius 2 is 1.93 bits per heavy atom. The van der Waals surface area contributed by atoms with Gasteiger partial charge in [-0.3, -0.25) is 4.18 Å². The maximum absolute atomic E-state index is 13.9. The Morgan fingerprint density at radius 1 is 1.14 bits per heavy atom. The molecule has 2 aliphatic carbocycles. The molecule has 0 radical (unpaired) electrons. The largest absolute Gasteiger partial charge is 0.373 e. The van der Waals surface area contributed by atoms with Crippen molar-refractivity contribution in [3.63, 3.8) is 0 Å². The molecule has 43 heavy (non-hydrogen) atoms. The quantitative estimate of drug-likeness (QED) is 0.133. The van der Waals surface area contributed by atoms with Crippen molar-refractivity contribution in [2.75, 3.05) is 30.5 Å². The zero-order valence-corrected chi connectivity index (χ0v) is 25.8. The van der Waals surface area contributed by atoms with Crippen LogP contribution in [0, 0.1) is 11.6 Å². The molecule has 2 saturated carbocycles. The van der Waals surface area contributed by atoms with Gasteiger partial charge in [0.15, 0.2) is 39.6 Å². The highest BCUT2D eigenvalue weighted by Gasteiger charge is 2.56. The van der Waals surface area contributed by atoms with E-state index in [1.54, 1.807) is 10.7 Å². The second kappa shape index (κ2) is 11.8. The number of fused-ring (bicyclic) bond motifs is 2. The molecule has 12 nitrogen and oxygen atoms in total. The molecule has 16 heteroatoms. The molecule has 1 saturated heterocycles. The summed E-state index contributed by atoms with van der Waals surface area (Å²) in [5, 5.41) is 12.9. The zero-order chi connectivity index (χ0) is 30.5. The Morgan fingerprint density at radius 3 is 2.67 bits per heavy atom. The van der Waals surface area contributed by atoms with Gasteiger partial charge < -0.3 is 19.5 Å². The Hall–Kier alpha value is -2.50. The van der Waals surface area contributed by atoms with E-state index in [0.717, 1.165) is 36.5 Å². The highest BCUT2D eigenvalue weighted by Crippen LogP contribution is 2.47. The maximum Gasteiger partial charge on any atom is 0.264 e. The number of ether oxygens (including phenoxy) is 3. The van der Waals surface area contributed by atoms with Crippen molar-refractivity contribution >= 4 is 38.9 Å². The lowest BCUT2D eigenvalue weighted by Crippen LogP contribution is -2.32. The average molecular weight is 641 g/mol. The SMILES string of the molecule is CCCSc1nc(N[C@@H]2C[C@H]2c2ccc(F)c(F)c2)c2nnn([C@H]3C[C@H](OCCOS(C)(=O)=O)[C@H]4OC(C)(C)O[C@H]43)c2n1. The number of benzene rings is 1. The summed E-state index contributed by atoms with van der Waals surface area (Å²) in [5.74, 6) is -1.25. The summed E-state index contributed by atoms with van der Waals surface area (Å²) in [6, 6.07) is 3.62. The third-order valence-electron chi connectivity index (χ3n) is 7.63. The highest BCUT2D eigenvalue weighted by atomic mass is 32.2. The number of nitrogens with one attached hydrogen (secondary N) is 1. The van der Waals surface area contributed by atoms with Crippen LogP contribution in [0.4, 0.5) is 14.6 Å². The molecule has 0 unspecified atom stereocenters. The third kappa shape index (κ3) is 6.63. The van der Waals surface area contributed by atoms with Gasteiger partial charge in [0.25, 0.3) is 10.1 Å². The molecule has 1 aromatic carbocycles. The minimum absolute atomic E-state index is 0.00773. The second-order valence-corrected chi connectivity index (χ2v) is 14.2. The number of hydrogen-bond acceptors (Lipinski definition) is 12. The van der Waals surface area contributed by atoms with E-state index in [1.165, 1.54) is 17.8 Å². The van der Waals surface area contributed by atoms with E-state index in [4.69, 9.17) is 28.4 Å². The molecule has 234 valence electrons. The monoisotopic (exact) mass is 640 g/mol. The lowest BCUT2D eigenvalue weighted by Gasteiger charge is -2.23. The van der Waals surface area contributed by atoms with Gasteiger partial charge in [0.2, 0.25) is 0 Å². The van der Waals surface area contributed by atoms with Gasteiger partial charge >= 0.3 is 0 Å². The van der Waals surface area contributed by atoms with Crippen LogP contribution in [0.25, 0.3) is 11.2 Å². The van der Waals surface area contributed by atoms with Crippen molar-refractivity contribution in [2.24, 2.45) is 0 Å². The van der Waals surface area contributed by atoms with Crippen molar-refractivity contribution < 1.29 is 35.6 Å². The molecular weight excluding hydrogens is 606 g/mol. The van der Waals surface area contributed by atoms with Crippen LogP contribution in [0.1, 0.15) is 57.6 Å². The van der Waals surface area contributed by atoms with E-state index >= 15 is 0 Å². The smallest absolute Gasteiger partial charge is 0.264 e. The summed E-state index contributed by atoms with van der Waals surface area (Å²) >= 11 is 1.52. The number of anilines is 1. The van der Waals surface area contributed by atoms with Gasteiger partial charge in [-0.15, -0.1) is 5.10 Å². The fourth-order valence-electron chi connectivity index (χ4n) is 5.73. The first-order valence-electron chi connectivity index (χ1n) is 14.2. The van der Waals surface area contributed by atoms with E-state index < -0.39 is 45.9 Å². The number of thioether (sulfide) groups is 1. The summed E-state index contributed by atoms with van der Waals surface area (Å²) in [4.78, 5) is 9.56. The number of nitrogens with zero attached hydrogens (tertiary/aromatic N) is 5. The van der Waals surface area contributed by atoms with Gasteiger partial charge in [-0.05, 0) is 44.4 Å². The van der Waals surface area contributed by atoms with E-state index in [9.17, 15) is 17.2 Å². The van der Waals surface area contributed by atoms with Gasteiger partial charge in [0.05, 0.1) is 31.6 Å². The lowest BCUT2D eigenvalue weighted by molar-refractivity contribution is -0.170. The van der Waals surface area contributed by atoms with Crippen molar-refractivity contribution in [1.82, 2.24) is 25.0 Å². The van der Waals surface area contributed by atoms with E-state index in [-0.39, 0.29) is 31.2 Å². The van der Waals surface area contributed by atoms with E-state index in [0.29, 0.717) is 28.6 Å². The predicted octanol–water partition coefficient (Wildman–Crippen LogP) is 3.80. The summed E-state index contributed by atoms with van der Waals surface area (Å²) in [5.41, 5.74) is 1.73. The van der Waals surface area contributed by atoms with Crippen LogP contribution in [0.15, 0.2) is 23.4 Å². The molecule has 0 bridgehead atoms. The molecule has 3 fully saturated rings. The van der Waals surface area contributed by atoms with E-state index in [1.807, 2.05) is 13.8 Å². The molecule has 1 N–H and O–H groups in total. The summed E-state index contributed by atoms with van der Waals surface area (Å²) in [6.07, 6.45) is 1.88. The van der Waals surface area contributed by atoms with Crippen molar-refractivity contribution in [2.45, 2.75) is 87.3 Å². The van der Waals surface area contributed by atoms with E-state index in [2.05, 4.69) is 22.6 Å². The fraction of sp³-hybridized carbons (Fsp3) is 0.630. The first-order chi connectivity index (χ1) is 20.4. The standard InChI is InChI=1S/C27H34F2N6O6S2/c1-5-10-42-26-31-24(30-18-12-15(18)14-6-7-16(28)17(29)11-14)21-25(32-26)35(34-33-21)19-13-20(38-8-9-39-43(4,36)37)23-22(19)40-27(2,3)41-23/h6-7,11,15,18-20,22-23H,5,8-10,12-13H2,1-4H3,(H,30,31,32)/t15-,18+,19-,20-,22-,23+/m0/s1. The molecule has 6 atom stereocenters. The molecule has 3 heterocycles. The lowest BCUT2D eigenvalue weighted by atomic mass is 10.1. The summed E-state index contributed by atoms with van der Waals surface area (Å²) < 4.78 is 75.1. The average Bonchev–Trinajstić information content (AvgIpc) is 3.27. The van der Waals surface area contributed by atoms with Crippen molar-refractivity contribution in [1.29, 1.82) is 0 Å². The van der Waals surface area contributed by atoms with Gasteiger partial charge in [-0.1, -0.05) is 30.0 Å². The molecule has 3 aliphatic rings. The zero-order valence-electron chi connectivity index (χ0n) is 24.2. The molecule has 1 aliphatic heterocycles.